The zero-order valence-electron chi connectivity index (χ0n) is 13.5. The first-order valence-corrected chi connectivity index (χ1v) is 7.30. The van der Waals surface area contributed by atoms with Gasteiger partial charge < -0.3 is 19.7 Å². The molecule has 8 nitrogen and oxygen atoms in total. The van der Waals surface area contributed by atoms with Gasteiger partial charge in [0.05, 0.1) is 17.4 Å². The Morgan fingerprint density at radius 2 is 2.12 bits per heavy atom. The molecule has 0 fully saturated rings. The van der Waals surface area contributed by atoms with E-state index < -0.39 is 17.1 Å². The Kier molecular flexibility index (Phi) is 3.87. The molecule has 0 saturated carbocycles. The number of H-pyrrole nitrogens is 1. The van der Waals surface area contributed by atoms with Crippen molar-refractivity contribution >= 4 is 22.6 Å². The number of hydrogen-bond acceptors (Lipinski definition) is 6. The lowest BCUT2D eigenvalue weighted by Gasteiger charge is -2.28. The van der Waals surface area contributed by atoms with Gasteiger partial charge >= 0.3 is 5.97 Å². The molecule has 8 heteroatoms. The predicted molar refractivity (Wildman–Crippen MR) is 90.2 cm³/mol. The Labute approximate surface area is 142 Å². The minimum absolute atomic E-state index is 0.120. The van der Waals surface area contributed by atoms with E-state index in [1.807, 2.05) is 13.0 Å². The summed E-state index contributed by atoms with van der Waals surface area (Å²) in [5.74, 6) is -1.20. The van der Waals surface area contributed by atoms with Crippen LogP contribution in [0.5, 0.6) is 0 Å². The molecule has 0 atom stereocenters. The van der Waals surface area contributed by atoms with E-state index in [1.165, 1.54) is 12.3 Å². The van der Waals surface area contributed by atoms with Crippen LogP contribution in [0.4, 0.5) is 5.69 Å². The second kappa shape index (κ2) is 5.89. The summed E-state index contributed by atoms with van der Waals surface area (Å²) in [5, 5.41) is 19.0. The topological polar surface area (TPSA) is 119 Å². The number of carboxylic acid groups (broad SMARTS) is 1. The van der Waals surface area contributed by atoms with Crippen molar-refractivity contribution in [3.05, 3.63) is 58.4 Å². The van der Waals surface area contributed by atoms with Gasteiger partial charge in [-0.1, -0.05) is 0 Å². The molecule has 0 bridgehead atoms. The molecule has 0 radical (unpaired) electrons. The number of nitrogens with zero attached hydrogens (tertiary/aromatic N) is 3. The van der Waals surface area contributed by atoms with Gasteiger partial charge in [-0.15, -0.1) is 0 Å². The molecule has 3 heterocycles. The van der Waals surface area contributed by atoms with Crippen molar-refractivity contribution < 1.29 is 14.6 Å². The zero-order chi connectivity index (χ0) is 18.2. The highest BCUT2D eigenvalue weighted by molar-refractivity contribution is 5.99. The van der Waals surface area contributed by atoms with Gasteiger partial charge in [-0.05, 0) is 25.1 Å². The van der Waals surface area contributed by atoms with Crippen molar-refractivity contribution in [1.29, 1.82) is 5.26 Å². The van der Waals surface area contributed by atoms with E-state index in [0.717, 1.165) is 0 Å². The van der Waals surface area contributed by atoms with E-state index in [9.17, 15) is 14.9 Å². The van der Waals surface area contributed by atoms with E-state index in [1.54, 1.807) is 36.6 Å². The van der Waals surface area contributed by atoms with Crippen molar-refractivity contribution in [3.63, 3.8) is 0 Å². The van der Waals surface area contributed by atoms with Gasteiger partial charge in [-0.3, -0.25) is 4.79 Å². The first-order chi connectivity index (χ1) is 11.9. The second-order valence-electron chi connectivity index (χ2n) is 5.64. The van der Waals surface area contributed by atoms with Crippen LogP contribution in [-0.4, -0.2) is 33.8 Å². The van der Waals surface area contributed by atoms with E-state index >= 15 is 0 Å². The molecule has 2 N–H and O–H groups in total. The van der Waals surface area contributed by atoms with E-state index in [2.05, 4.69) is 9.97 Å². The first-order valence-electron chi connectivity index (χ1n) is 7.30. The predicted octanol–water partition coefficient (Wildman–Crippen LogP) is 1.75. The number of nitriles is 1. The van der Waals surface area contributed by atoms with Crippen LogP contribution in [0.25, 0.3) is 10.9 Å². The summed E-state index contributed by atoms with van der Waals surface area (Å²) in [4.78, 5) is 31.4. The van der Waals surface area contributed by atoms with Crippen molar-refractivity contribution in [2.24, 2.45) is 0 Å². The summed E-state index contributed by atoms with van der Waals surface area (Å²) in [6, 6.07) is 3.21. The summed E-state index contributed by atoms with van der Waals surface area (Å²) in [6.07, 6.45) is 8.13. The number of pyridine rings is 2. The number of fused-ring (bicyclic) bond motifs is 1. The normalized spacial score (nSPS) is 15.3. The van der Waals surface area contributed by atoms with Crippen molar-refractivity contribution in [2.45, 2.75) is 12.5 Å². The van der Waals surface area contributed by atoms with Gasteiger partial charge in [0.1, 0.15) is 22.9 Å². The monoisotopic (exact) mass is 338 g/mol. The molecule has 25 heavy (non-hydrogen) atoms. The Morgan fingerprint density at radius 3 is 2.68 bits per heavy atom. The molecular formula is C17H14N4O4. The third-order valence-electron chi connectivity index (χ3n) is 4.03. The molecule has 1 aliphatic heterocycles. The van der Waals surface area contributed by atoms with Crippen LogP contribution in [-0.2, 0) is 4.74 Å². The average Bonchev–Trinajstić information content (AvgIpc) is 2.61. The molecule has 3 rings (SSSR count). The maximum absolute atomic E-state index is 12.2. The molecule has 0 saturated heterocycles. The molecule has 126 valence electrons. The highest BCUT2D eigenvalue weighted by Crippen LogP contribution is 2.31. The quantitative estimate of drug-likeness (QED) is 0.874. The van der Waals surface area contributed by atoms with Gasteiger partial charge in [0, 0.05) is 24.9 Å². The molecular weight excluding hydrogens is 324 g/mol. The van der Waals surface area contributed by atoms with Crippen LogP contribution in [0.1, 0.15) is 23.0 Å². The Balaban J connectivity index is 2.29. The molecule has 1 aliphatic rings. The fraction of sp³-hybridized carbons (Fsp3) is 0.176. The van der Waals surface area contributed by atoms with Crippen LogP contribution < -0.4 is 10.5 Å². The maximum Gasteiger partial charge on any atom is 0.354 e. The lowest BCUT2D eigenvalue weighted by molar-refractivity contribution is 0.0690. The number of rotatable bonds is 3. The smallest absolute Gasteiger partial charge is 0.354 e. The van der Waals surface area contributed by atoms with Crippen LogP contribution >= 0.6 is 0 Å². The molecule has 2 aromatic heterocycles. The van der Waals surface area contributed by atoms with Crippen molar-refractivity contribution in [3.8, 4) is 6.07 Å². The number of carboxylic acids is 1. The molecule has 2 aromatic rings. The van der Waals surface area contributed by atoms with Crippen molar-refractivity contribution in [2.75, 3.05) is 12.0 Å². The largest absolute Gasteiger partial charge is 0.477 e. The van der Waals surface area contributed by atoms with E-state index in [-0.39, 0.29) is 16.9 Å². The lowest BCUT2D eigenvalue weighted by atomic mass is 10.0. The minimum Gasteiger partial charge on any atom is -0.477 e. The number of methoxy groups -OCH3 is 1. The Bertz CT molecular complexity index is 1020. The van der Waals surface area contributed by atoms with Crippen LogP contribution in [0, 0.1) is 11.3 Å². The molecule has 0 amide bonds. The number of nitrogens with one attached hydrogen (secondary N) is 1. The van der Waals surface area contributed by atoms with Gasteiger partial charge in [0.25, 0.3) is 5.56 Å². The summed E-state index contributed by atoms with van der Waals surface area (Å²) in [7, 11) is 1.57. The molecule has 0 spiro atoms. The van der Waals surface area contributed by atoms with Crippen LogP contribution in [0.3, 0.4) is 0 Å². The van der Waals surface area contributed by atoms with Crippen molar-refractivity contribution in [1.82, 2.24) is 9.97 Å². The fourth-order valence-corrected chi connectivity index (χ4v) is 2.51. The first kappa shape index (κ1) is 16.4. The standard InChI is InChI=1S/C17H14N4O4/c1-17(25-2)3-5-21(6-4-17)14-10-7-12(16(23)24)19-9-13(10)20-15(22)11(14)8-18/h3-7,9H,1-2H3,(H,20,22)(H,23,24). The second-order valence-corrected chi connectivity index (χ2v) is 5.64. The number of anilines is 1. The zero-order valence-corrected chi connectivity index (χ0v) is 13.5. The van der Waals surface area contributed by atoms with Gasteiger partial charge in [-0.25, -0.2) is 9.78 Å². The van der Waals surface area contributed by atoms with Gasteiger partial charge in [-0.2, -0.15) is 5.26 Å². The summed E-state index contributed by atoms with van der Waals surface area (Å²) >= 11 is 0. The van der Waals surface area contributed by atoms with Crippen LogP contribution in [0.15, 0.2) is 41.6 Å². The number of aromatic nitrogens is 2. The maximum atomic E-state index is 12.2. The SMILES string of the molecule is COC1(C)C=CN(c2c(C#N)c(=O)[nH]c3cnc(C(=O)O)cc23)C=C1. The van der Waals surface area contributed by atoms with E-state index in [0.29, 0.717) is 10.9 Å². The number of ether oxygens (including phenoxy) is 1. The number of aromatic amines is 1. The highest BCUT2D eigenvalue weighted by atomic mass is 16.5. The molecule has 0 aromatic carbocycles. The molecule has 0 unspecified atom stereocenters. The number of hydrogen-bond donors (Lipinski definition) is 2. The fourth-order valence-electron chi connectivity index (χ4n) is 2.51. The van der Waals surface area contributed by atoms with E-state index in [4.69, 9.17) is 9.84 Å². The number of carbonyl (C=O) groups is 1. The third-order valence-corrected chi connectivity index (χ3v) is 4.03. The Hall–Kier alpha value is -3.44. The van der Waals surface area contributed by atoms with Gasteiger partial charge in [0.15, 0.2) is 0 Å². The number of aromatic carboxylic acids is 1. The minimum atomic E-state index is -1.20. The van der Waals surface area contributed by atoms with Gasteiger partial charge in [0.2, 0.25) is 0 Å². The summed E-state index contributed by atoms with van der Waals surface area (Å²) in [5.41, 5.74) is -0.852. The summed E-state index contributed by atoms with van der Waals surface area (Å²) < 4.78 is 5.36. The third kappa shape index (κ3) is 2.77. The lowest BCUT2D eigenvalue weighted by Crippen LogP contribution is -2.28. The Morgan fingerprint density at radius 1 is 1.44 bits per heavy atom. The summed E-state index contributed by atoms with van der Waals surface area (Å²) in [6.45, 7) is 1.85. The van der Waals surface area contributed by atoms with Crippen LogP contribution in [0.2, 0.25) is 0 Å². The average molecular weight is 338 g/mol. The highest BCUT2D eigenvalue weighted by Gasteiger charge is 2.24. The molecule has 0 aliphatic carbocycles.